The van der Waals surface area contributed by atoms with E-state index in [0.717, 1.165) is 4.47 Å². The Morgan fingerprint density at radius 2 is 1.86 bits per heavy atom. The van der Waals surface area contributed by atoms with E-state index >= 15 is 0 Å². The molecule has 0 unspecified atom stereocenters. The highest BCUT2D eigenvalue weighted by Gasteiger charge is 2.20. The zero-order valence-electron chi connectivity index (χ0n) is 12.4. The quantitative estimate of drug-likeness (QED) is 0.850. The van der Waals surface area contributed by atoms with Gasteiger partial charge in [0, 0.05) is 12.7 Å². The summed E-state index contributed by atoms with van der Waals surface area (Å²) in [5, 5.41) is 2.67. The van der Waals surface area contributed by atoms with E-state index in [2.05, 4.69) is 5.32 Å². The second-order valence-electron chi connectivity index (χ2n) is 4.47. The molecule has 118 valence electrons. The molecule has 0 bridgehead atoms. The monoisotopic (exact) mass is 324 g/mol. The van der Waals surface area contributed by atoms with Crippen LogP contribution in [0.4, 0.5) is 5.69 Å². The van der Waals surface area contributed by atoms with Crippen LogP contribution in [-0.2, 0) is 14.9 Å². The van der Waals surface area contributed by atoms with Crippen LogP contribution in [0.15, 0.2) is 45.9 Å². The van der Waals surface area contributed by atoms with Gasteiger partial charge in [-0.05, 0) is 37.3 Å². The van der Waals surface area contributed by atoms with Crippen molar-refractivity contribution < 1.29 is 22.5 Å². The molecule has 8 heteroatoms. The number of nitrogens with one attached hydrogen (secondary N) is 1. The number of furan rings is 1. The summed E-state index contributed by atoms with van der Waals surface area (Å²) >= 11 is 0. The fourth-order valence-corrected chi connectivity index (χ4v) is 2.75. The van der Waals surface area contributed by atoms with Crippen LogP contribution in [0.25, 0.3) is 0 Å². The van der Waals surface area contributed by atoms with Crippen LogP contribution >= 0.6 is 0 Å². The van der Waals surface area contributed by atoms with Gasteiger partial charge >= 0.3 is 0 Å². The van der Waals surface area contributed by atoms with E-state index < -0.39 is 10.0 Å². The lowest BCUT2D eigenvalue weighted by molar-refractivity contribution is -0.0258. The molecule has 0 atom stereocenters. The summed E-state index contributed by atoms with van der Waals surface area (Å²) in [5.74, 6) is 0.189. The second kappa shape index (κ2) is 6.30. The molecule has 1 aromatic heterocycles. The van der Waals surface area contributed by atoms with Gasteiger partial charge in [-0.3, -0.25) is 9.63 Å². The van der Waals surface area contributed by atoms with Crippen molar-refractivity contribution in [2.24, 2.45) is 0 Å². The van der Waals surface area contributed by atoms with Crippen LogP contribution in [0.5, 0.6) is 0 Å². The summed E-state index contributed by atoms with van der Waals surface area (Å²) in [7, 11) is -1.14. The summed E-state index contributed by atoms with van der Waals surface area (Å²) in [4.78, 5) is 16.8. The molecule has 0 aliphatic heterocycles. The van der Waals surface area contributed by atoms with Crippen LogP contribution in [-0.4, -0.2) is 33.0 Å². The number of carbonyl (C=O) groups excluding carboxylic acids is 1. The van der Waals surface area contributed by atoms with Crippen molar-refractivity contribution >= 4 is 21.6 Å². The highest BCUT2D eigenvalue weighted by Crippen LogP contribution is 2.18. The van der Waals surface area contributed by atoms with E-state index in [-0.39, 0.29) is 10.8 Å². The van der Waals surface area contributed by atoms with Crippen molar-refractivity contribution in [3.05, 3.63) is 47.9 Å². The Balaban J connectivity index is 2.16. The third kappa shape index (κ3) is 3.19. The Kier molecular flexibility index (Phi) is 4.65. The van der Waals surface area contributed by atoms with Crippen molar-refractivity contribution in [2.45, 2.75) is 11.8 Å². The highest BCUT2D eigenvalue weighted by atomic mass is 32.2. The lowest BCUT2D eigenvalue weighted by atomic mass is 10.2. The van der Waals surface area contributed by atoms with Crippen LogP contribution in [0.3, 0.4) is 0 Å². The third-order valence-corrected chi connectivity index (χ3v) is 4.80. The number of amides is 1. The predicted octanol–water partition coefficient (Wildman–Crippen LogP) is 2.02. The number of hydrogen-bond acceptors (Lipinski definition) is 5. The Labute approximate surface area is 128 Å². The SMILES string of the molecule is CON(C)S(=O)(=O)c1ccc(NC(=O)c2ccoc2C)cc1. The summed E-state index contributed by atoms with van der Waals surface area (Å²) in [6.07, 6.45) is 1.43. The standard InChI is InChI=1S/C14H16N2O5S/c1-10-13(8-9-21-10)14(17)15-11-4-6-12(7-5-11)22(18,19)16(2)20-3/h4-9H,1-3H3,(H,15,17). The van der Waals surface area contributed by atoms with Gasteiger partial charge in [-0.25, -0.2) is 8.42 Å². The molecular weight excluding hydrogens is 308 g/mol. The highest BCUT2D eigenvalue weighted by molar-refractivity contribution is 7.89. The number of aryl methyl sites for hydroxylation is 1. The predicted molar refractivity (Wildman–Crippen MR) is 79.8 cm³/mol. The molecule has 0 aliphatic carbocycles. The summed E-state index contributed by atoms with van der Waals surface area (Å²) in [6, 6.07) is 7.36. The zero-order chi connectivity index (χ0) is 16.3. The first-order chi connectivity index (χ1) is 10.4. The first-order valence-corrected chi connectivity index (χ1v) is 7.79. The molecule has 0 saturated heterocycles. The van der Waals surface area contributed by atoms with Crippen LogP contribution < -0.4 is 5.32 Å². The van der Waals surface area contributed by atoms with Gasteiger partial charge < -0.3 is 9.73 Å². The number of sulfonamides is 1. The number of hydroxylamine groups is 1. The molecular formula is C14H16N2O5S. The lowest BCUT2D eigenvalue weighted by Gasteiger charge is -2.14. The van der Waals surface area contributed by atoms with Crippen molar-refractivity contribution in [3.63, 3.8) is 0 Å². The third-order valence-electron chi connectivity index (χ3n) is 3.11. The number of hydrogen-bond donors (Lipinski definition) is 1. The molecule has 0 aliphatic rings. The van der Waals surface area contributed by atoms with Gasteiger partial charge in [-0.15, -0.1) is 0 Å². The first kappa shape index (κ1) is 16.2. The molecule has 0 radical (unpaired) electrons. The number of rotatable bonds is 5. The Morgan fingerprint density at radius 1 is 1.23 bits per heavy atom. The minimum Gasteiger partial charge on any atom is -0.469 e. The topological polar surface area (TPSA) is 88.9 Å². The second-order valence-corrected chi connectivity index (χ2v) is 6.40. The fraction of sp³-hybridized carbons (Fsp3) is 0.214. The summed E-state index contributed by atoms with van der Waals surface area (Å²) in [5.41, 5.74) is 0.903. The normalized spacial score (nSPS) is 11.6. The molecule has 2 aromatic rings. The Bertz CT molecular complexity index is 765. The van der Waals surface area contributed by atoms with E-state index in [4.69, 9.17) is 9.25 Å². The molecule has 1 aromatic carbocycles. The van der Waals surface area contributed by atoms with Crippen LogP contribution in [0.1, 0.15) is 16.1 Å². The van der Waals surface area contributed by atoms with Gasteiger partial charge in [0.05, 0.1) is 23.8 Å². The summed E-state index contributed by atoms with van der Waals surface area (Å²) < 4.78 is 29.9. The minimum atomic E-state index is -3.70. The van der Waals surface area contributed by atoms with Crippen LogP contribution in [0.2, 0.25) is 0 Å². The molecule has 0 fully saturated rings. The lowest BCUT2D eigenvalue weighted by Crippen LogP contribution is -2.25. The molecule has 1 N–H and O–H groups in total. The van der Waals surface area contributed by atoms with E-state index in [9.17, 15) is 13.2 Å². The fourth-order valence-electron chi connectivity index (χ4n) is 1.78. The Hall–Kier alpha value is -2.16. The molecule has 7 nitrogen and oxygen atoms in total. The molecule has 22 heavy (non-hydrogen) atoms. The van der Waals surface area contributed by atoms with Crippen LogP contribution in [0, 0.1) is 6.92 Å². The average Bonchev–Trinajstić information content (AvgIpc) is 2.93. The largest absolute Gasteiger partial charge is 0.469 e. The zero-order valence-corrected chi connectivity index (χ0v) is 13.2. The molecule has 1 amide bonds. The van der Waals surface area contributed by atoms with Crippen molar-refractivity contribution in [1.82, 2.24) is 4.47 Å². The van der Waals surface area contributed by atoms with Gasteiger partial charge in [0.2, 0.25) is 0 Å². The van der Waals surface area contributed by atoms with E-state index in [1.165, 1.54) is 44.7 Å². The number of benzene rings is 1. The smallest absolute Gasteiger partial charge is 0.264 e. The minimum absolute atomic E-state index is 0.0642. The van der Waals surface area contributed by atoms with Crippen molar-refractivity contribution in [1.29, 1.82) is 0 Å². The van der Waals surface area contributed by atoms with E-state index in [0.29, 0.717) is 17.0 Å². The van der Waals surface area contributed by atoms with Crippen molar-refractivity contribution in [3.8, 4) is 0 Å². The average molecular weight is 324 g/mol. The number of nitrogens with zero attached hydrogens (tertiary/aromatic N) is 1. The van der Waals surface area contributed by atoms with Gasteiger partial charge in [-0.1, -0.05) is 4.47 Å². The van der Waals surface area contributed by atoms with Gasteiger partial charge in [0.15, 0.2) is 0 Å². The number of carbonyl (C=O) groups is 1. The van der Waals surface area contributed by atoms with E-state index in [1.807, 2.05) is 0 Å². The summed E-state index contributed by atoms with van der Waals surface area (Å²) in [6.45, 7) is 1.69. The van der Waals surface area contributed by atoms with Gasteiger partial charge in [0.1, 0.15) is 5.76 Å². The maximum atomic E-state index is 12.0. The van der Waals surface area contributed by atoms with Crippen molar-refractivity contribution in [2.75, 3.05) is 19.5 Å². The first-order valence-electron chi connectivity index (χ1n) is 6.35. The molecule has 2 rings (SSSR count). The Morgan fingerprint density at radius 3 is 2.36 bits per heavy atom. The maximum absolute atomic E-state index is 12.0. The van der Waals surface area contributed by atoms with Gasteiger partial charge in [0.25, 0.3) is 15.9 Å². The molecule has 1 heterocycles. The number of anilines is 1. The van der Waals surface area contributed by atoms with E-state index in [1.54, 1.807) is 13.0 Å². The maximum Gasteiger partial charge on any atom is 0.264 e. The molecule has 0 spiro atoms. The molecule has 0 saturated carbocycles. The van der Waals surface area contributed by atoms with Gasteiger partial charge in [-0.2, -0.15) is 0 Å².